The van der Waals surface area contributed by atoms with E-state index in [4.69, 9.17) is 16.1 Å². The lowest BCUT2D eigenvalue weighted by Gasteiger charge is -2.04. The Morgan fingerprint density at radius 2 is 1.89 bits per heavy atom. The summed E-state index contributed by atoms with van der Waals surface area (Å²) in [5, 5.41) is 2.28. The SMILES string of the molecule is CC(c1noc(C(Cl)c2ccccc2)n1)S(C)(=O)=O. The lowest BCUT2D eigenvalue weighted by molar-refractivity contribution is 0.376. The first-order valence-corrected chi connectivity index (χ1v) is 8.00. The van der Waals surface area contributed by atoms with Crippen molar-refractivity contribution in [1.29, 1.82) is 0 Å². The Morgan fingerprint density at radius 1 is 1.26 bits per heavy atom. The fraction of sp³-hybridized carbons (Fsp3) is 0.333. The van der Waals surface area contributed by atoms with Crippen LogP contribution >= 0.6 is 11.6 Å². The van der Waals surface area contributed by atoms with Crippen molar-refractivity contribution < 1.29 is 12.9 Å². The van der Waals surface area contributed by atoms with Gasteiger partial charge in [-0.1, -0.05) is 35.5 Å². The second kappa shape index (κ2) is 5.30. The summed E-state index contributed by atoms with van der Waals surface area (Å²) in [6.45, 7) is 1.51. The molecule has 2 rings (SSSR count). The maximum absolute atomic E-state index is 11.4. The molecule has 0 amide bonds. The molecule has 0 aliphatic carbocycles. The van der Waals surface area contributed by atoms with Gasteiger partial charge in [-0.3, -0.25) is 0 Å². The average molecular weight is 301 g/mol. The maximum atomic E-state index is 11.4. The molecule has 5 nitrogen and oxygen atoms in total. The Kier molecular flexibility index (Phi) is 3.91. The molecule has 2 unspecified atom stereocenters. The molecule has 0 saturated heterocycles. The third-order valence-electron chi connectivity index (χ3n) is 2.77. The van der Waals surface area contributed by atoms with E-state index in [0.717, 1.165) is 11.8 Å². The van der Waals surface area contributed by atoms with Crippen molar-refractivity contribution >= 4 is 21.4 Å². The Balaban J connectivity index is 2.27. The van der Waals surface area contributed by atoms with Gasteiger partial charge in [0, 0.05) is 6.26 Å². The van der Waals surface area contributed by atoms with E-state index >= 15 is 0 Å². The number of benzene rings is 1. The molecule has 0 spiro atoms. The van der Waals surface area contributed by atoms with Crippen LogP contribution in [0.15, 0.2) is 34.9 Å². The molecule has 2 aromatic rings. The van der Waals surface area contributed by atoms with Crippen molar-refractivity contribution in [1.82, 2.24) is 10.1 Å². The van der Waals surface area contributed by atoms with Crippen molar-refractivity contribution in [3.63, 3.8) is 0 Å². The quantitative estimate of drug-likeness (QED) is 0.811. The van der Waals surface area contributed by atoms with Gasteiger partial charge in [0.1, 0.15) is 10.6 Å². The van der Waals surface area contributed by atoms with Gasteiger partial charge in [-0.05, 0) is 12.5 Å². The van der Waals surface area contributed by atoms with Gasteiger partial charge in [0.2, 0.25) is 5.89 Å². The lowest BCUT2D eigenvalue weighted by atomic mass is 10.1. The summed E-state index contributed by atoms with van der Waals surface area (Å²) in [6, 6.07) is 9.24. The average Bonchev–Trinajstić information content (AvgIpc) is 2.86. The number of alkyl halides is 1. The summed E-state index contributed by atoms with van der Waals surface area (Å²) in [5.41, 5.74) is 0.811. The van der Waals surface area contributed by atoms with Gasteiger partial charge in [0.15, 0.2) is 15.7 Å². The summed E-state index contributed by atoms with van der Waals surface area (Å²) in [6.07, 6.45) is 1.13. The number of nitrogens with zero attached hydrogens (tertiary/aromatic N) is 2. The monoisotopic (exact) mass is 300 g/mol. The molecule has 1 aromatic carbocycles. The molecule has 0 aliphatic rings. The minimum Gasteiger partial charge on any atom is -0.337 e. The van der Waals surface area contributed by atoms with Crippen molar-refractivity contribution in [3.8, 4) is 0 Å². The predicted octanol–water partition coefficient (Wildman–Crippen LogP) is 2.50. The van der Waals surface area contributed by atoms with Crippen LogP contribution in [0.3, 0.4) is 0 Å². The van der Waals surface area contributed by atoms with Crippen molar-refractivity contribution in [2.75, 3.05) is 6.26 Å². The molecule has 2 atom stereocenters. The van der Waals surface area contributed by atoms with Crippen molar-refractivity contribution in [2.45, 2.75) is 17.6 Å². The molecule has 0 N–H and O–H groups in total. The van der Waals surface area contributed by atoms with E-state index in [-0.39, 0.29) is 11.7 Å². The summed E-state index contributed by atoms with van der Waals surface area (Å²) < 4.78 is 27.9. The molecule has 0 fully saturated rings. The topological polar surface area (TPSA) is 73.1 Å². The third kappa shape index (κ3) is 3.13. The molecule has 0 bridgehead atoms. The second-order valence-electron chi connectivity index (χ2n) is 4.24. The molecule has 0 aliphatic heterocycles. The van der Waals surface area contributed by atoms with Crippen LogP contribution in [0.2, 0.25) is 0 Å². The Bertz CT molecular complexity index is 655. The molecule has 19 heavy (non-hydrogen) atoms. The molecule has 1 heterocycles. The zero-order chi connectivity index (χ0) is 14.0. The molecular formula is C12H13ClN2O3S. The predicted molar refractivity (Wildman–Crippen MR) is 71.7 cm³/mol. The number of hydrogen-bond donors (Lipinski definition) is 0. The Hall–Kier alpha value is -1.40. The van der Waals surface area contributed by atoms with E-state index in [9.17, 15) is 8.42 Å². The number of halogens is 1. The zero-order valence-corrected chi connectivity index (χ0v) is 12.0. The van der Waals surface area contributed by atoms with Crippen LogP contribution in [0.5, 0.6) is 0 Å². The van der Waals surface area contributed by atoms with Gasteiger partial charge in [-0.15, -0.1) is 11.6 Å². The normalized spacial score (nSPS) is 15.1. The highest BCUT2D eigenvalue weighted by molar-refractivity contribution is 7.90. The van der Waals surface area contributed by atoms with E-state index in [1.165, 1.54) is 6.92 Å². The molecular weight excluding hydrogens is 288 g/mol. The van der Waals surface area contributed by atoms with Gasteiger partial charge in [-0.25, -0.2) is 8.42 Å². The summed E-state index contributed by atoms with van der Waals surface area (Å²) in [4.78, 5) is 4.06. The van der Waals surface area contributed by atoms with Crippen LogP contribution in [-0.4, -0.2) is 24.8 Å². The summed E-state index contributed by atoms with van der Waals surface area (Å²) >= 11 is 6.22. The van der Waals surface area contributed by atoms with Gasteiger partial charge in [0.05, 0.1) is 0 Å². The minimum atomic E-state index is -3.26. The van der Waals surface area contributed by atoms with E-state index in [0.29, 0.717) is 0 Å². The standard InChI is InChI=1S/C12H13ClN2O3S/c1-8(19(2,16)17)11-14-12(18-15-11)10(13)9-6-4-3-5-7-9/h3-8,10H,1-2H3. The van der Waals surface area contributed by atoms with Crippen LogP contribution in [-0.2, 0) is 9.84 Å². The van der Waals surface area contributed by atoms with E-state index < -0.39 is 20.5 Å². The molecule has 102 valence electrons. The Morgan fingerprint density at radius 3 is 2.47 bits per heavy atom. The highest BCUT2D eigenvalue weighted by Crippen LogP contribution is 2.28. The first-order valence-electron chi connectivity index (χ1n) is 5.61. The highest BCUT2D eigenvalue weighted by Gasteiger charge is 2.25. The van der Waals surface area contributed by atoms with Crippen LogP contribution in [0, 0.1) is 0 Å². The number of rotatable bonds is 4. The molecule has 1 aromatic heterocycles. The minimum absolute atomic E-state index is 0.124. The van der Waals surface area contributed by atoms with E-state index in [1.54, 1.807) is 0 Å². The van der Waals surface area contributed by atoms with Crippen LogP contribution in [0.4, 0.5) is 0 Å². The summed E-state index contributed by atoms with van der Waals surface area (Å²) in [7, 11) is -3.26. The molecule has 0 saturated carbocycles. The summed E-state index contributed by atoms with van der Waals surface area (Å²) in [5.74, 6) is 0.317. The first kappa shape index (κ1) is 14.0. The van der Waals surface area contributed by atoms with Crippen LogP contribution in [0.1, 0.15) is 34.8 Å². The van der Waals surface area contributed by atoms with Crippen LogP contribution in [0.25, 0.3) is 0 Å². The van der Waals surface area contributed by atoms with Gasteiger partial charge < -0.3 is 4.52 Å². The van der Waals surface area contributed by atoms with Gasteiger partial charge in [-0.2, -0.15) is 4.98 Å². The fourth-order valence-electron chi connectivity index (χ4n) is 1.47. The number of sulfone groups is 1. The largest absolute Gasteiger partial charge is 0.337 e. The highest BCUT2D eigenvalue weighted by atomic mass is 35.5. The molecule has 7 heteroatoms. The van der Waals surface area contributed by atoms with Crippen molar-refractivity contribution in [3.05, 3.63) is 47.6 Å². The van der Waals surface area contributed by atoms with E-state index in [1.807, 2.05) is 30.3 Å². The maximum Gasteiger partial charge on any atom is 0.249 e. The smallest absolute Gasteiger partial charge is 0.249 e. The first-order chi connectivity index (χ1) is 8.89. The zero-order valence-electron chi connectivity index (χ0n) is 10.4. The van der Waals surface area contributed by atoms with Crippen molar-refractivity contribution in [2.24, 2.45) is 0 Å². The second-order valence-corrected chi connectivity index (χ2v) is 7.04. The lowest BCUT2D eigenvalue weighted by Crippen LogP contribution is -2.09. The van der Waals surface area contributed by atoms with Crippen LogP contribution < -0.4 is 0 Å². The third-order valence-corrected chi connectivity index (χ3v) is 4.71. The van der Waals surface area contributed by atoms with Gasteiger partial charge >= 0.3 is 0 Å². The molecule has 0 radical (unpaired) electrons. The fourth-order valence-corrected chi connectivity index (χ4v) is 2.18. The number of aromatic nitrogens is 2. The van der Waals surface area contributed by atoms with E-state index in [2.05, 4.69) is 10.1 Å². The Labute approximate surface area is 116 Å². The van der Waals surface area contributed by atoms with Gasteiger partial charge in [0.25, 0.3) is 0 Å². The number of hydrogen-bond acceptors (Lipinski definition) is 5.